The number of guanidine groups is 1. The Morgan fingerprint density at radius 2 is 1.92 bits per heavy atom. The van der Waals surface area contributed by atoms with Crippen molar-refractivity contribution in [2.45, 2.75) is 38.9 Å². The van der Waals surface area contributed by atoms with E-state index in [1.54, 1.807) is 44.4 Å². The maximum atomic E-state index is 14.7. The molecule has 1 aromatic carbocycles. The summed E-state index contributed by atoms with van der Waals surface area (Å²) in [5.41, 5.74) is 7.40. The van der Waals surface area contributed by atoms with Gasteiger partial charge in [0.25, 0.3) is 5.91 Å². The first-order valence-electron chi connectivity index (χ1n) is 12.2. The minimum absolute atomic E-state index is 0.0897. The van der Waals surface area contributed by atoms with Crippen LogP contribution >= 0.6 is 0 Å². The monoisotopic (exact) mass is 537 g/mol. The molecule has 0 saturated heterocycles. The summed E-state index contributed by atoms with van der Waals surface area (Å²) in [5, 5.41) is 12.5. The van der Waals surface area contributed by atoms with Crippen LogP contribution in [0.5, 0.6) is 0 Å². The Bertz CT molecular complexity index is 1430. The van der Waals surface area contributed by atoms with Crippen LogP contribution in [-0.2, 0) is 21.5 Å². The van der Waals surface area contributed by atoms with Gasteiger partial charge in [-0.25, -0.2) is 18.9 Å². The average molecular weight is 538 g/mol. The zero-order valence-corrected chi connectivity index (χ0v) is 22.7. The Kier molecular flexibility index (Phi) is 7.18. The maximum absolute atomic E-state index is 14.7. The number of carbonyl (C=O) groups is 3. The minimum atomic E-state index is -0.742. The molecule has 2 aromatic rings. The Morgan fingerprint density at radius 1 is 1.21 bits per heavy atom. The van der Waals surface area contributed by atoms with E-state index in [9.17, 15) is 18.8 Å². The number of hydrogen-bond donors (Lipinski definition) is 4. The van der Waals surface area contributed by atoms with Gasteiger partial charge in [-0.05, 0) is 23.8 Å². The number of likely N-dealkylation sites (N-methyl/N-ethyl adjacent to an activating group) is 2. The number of carbonyl (C=O) groups excluding carboxylic acids is 3. The maximum Gasteiger partial charge on any atom is 0.324 e. The molecule has 1 atom stereocenters. The van der Waals surface area contributed by atoms with Gasteiger partial charge in [-0.1, -0.05) is 26.8 Å². The zero-order chi connectivity index (χ0) is 28.6. The smallest absolute Gasteiger partial charge is 0.324 e. The third-order valence-corrected chi connectivity index (χ3v) is 6.33. The van der Waals surface area contributed by atoms with Crippen molar-refractivity contribution in [2.75, 3.05) is 31.8 Å². The first kappa shape index (κ1) is 27.4. The Balaban J connectivity index is 1.58. The molecule has 5 N–H and O–H groups in total. The van der Waals surface area contributed by atoms with Gasteiger partial charge in [-0.3, -0.25) is 14.9 Å². The summed E-state index contributed by atoms with van der Waals surface area (Å²) in [6, 6.07) is 4.92. The van der Waals surface area contributed by atoms with Crippen molar-refractivity contribution in [1.29, 1.82) is 0 Å². The van der Waals surface area contributed by atoms with Crippen molar-refractivity contribution in [2.24, 2.45) is 10.7 Å². The number of urea groups is 1. The highest BCUT2D eigenvalue weighted by atomic mass is 19.1. The van der Waals surface area contributed by atoms with Crippen molar-refractivity contribution >= 4 is 40.9 Å². The number of nitrogens with two attached hydrogens (primary N) is 1. The molecule has 2 aliphatic rings. The Hall–Kier alpha value is -4.68. The van der Waals surface area contributed by atoms with E-state index < -0.39 is 18.0 Å². The second kappa shape index (κ2) is 10.2. The van der Waals surface area contributed by atoms with Crippen LogP contribution in [0.4, 0.5) is 20.7 Å². The van der Waals surface area contributed by atoms with Crippen LogP contribution in [0.25, 0.3) is 5.57 Å². The van der Waals surface area contributed by atoms with Crippen molar-refractivity contribution in [3.63, 3.8) is 0 Å². The summed E-state index contributed by atoms with van der Waals surface area (Å²) in [6.45, 7) is 5.78. The van der Waals surface area contributed by atoms with Crippen molar-refractivity contribution in [3.05, 3.63) is 59.2 Å². The number of aliphatic imine (C=N–C) groups is 1. The second-order valence-electron chi connectivity index (χ2n) is 10.5. The number of nitrogens with zero attached hydrogens (tertiary/aromatic N) is 5. The lowest BCUT2D eigenvalue weighted by Gasteiger charge is -2.35. The number of amides is 4. The first-order chi connectivity index (χ1) is 18.2. The van der Waals surface area contributed by atoms with Gasteiger partial charge in [0.1, 0.15) is 24.3 Å². The SMILES string of the molecule is CN(C)C(=O)Cn1nc(C(C)(C)C)cc1NC(=O)Nc1cc(C2=CC3=CN=C(N)N(C)C3NC2=O)ccc1F. The quantitative estimate of drug-likeness (QED) is 0.458. The van der Waals surface area contributed by atoms with Crippen LogP contribution in [0.2, 0.25) is 0 Å². The van der Waals surface area contributed by atoms with Gasteiger partial charge in [0.15, 0.2) is 5.96 Å². The second-order valence-corrected chi connectivity index (χ2v) is 10.5. The fraction of sp³-hybridized carbons (Fsp3) is 0.346. The van der Waals surface area contributed by atoms with E-state index in [2.05, 4.69) is 26.0 Å². The fourth-order valence-corrected chi connectivity index (χ4v) is 3.94. The van der Waals surface area contributed by atoms with Crippen LogP contribution < -0.4 is 21.7 Å². The molecule has 0 bridgehead atoms. The number of anilines is 2. The normalized spacial score (nSPS) is 16.9. The molecule has 4 rings (SSSR count). The van der Waals surface area contributed by atoms with E-state index >= 15 is 0 Å². The van der Waals surface area contributed by atoms with E-state index in [1.807, 2.05) is 20.8 Å². The highest BCUT2D eigenvalue weighted by molar-refractivity contribution is 6.21. The molecule has 1 aromatic heterocycles. The van der Waals surface area contributed by atoms with Gasteiger partial charge < -0.3 is 26.2 Å². The molecule has 0 aliphatic carbocycles. The van der Waals surface area contributed by atoms with E-state index in [4.69, 9.17) is 5.73 Å². The topological polar surface area (TPSA) is 150 Å². The molecule has 2 aliphatic heterocycles. The highest BCUT2D eigenvalue weighted by Gasteiger charge is 2.31. The van der Waals surface area contributed by atoms with Gasteiger partial charge in [0, 0.05) is 50.0 Å². The van der Waals surface area contributed by atoms with Crippen molar-refractivity contribution in [1.82, 2.24) is 24.9 Å². The molecule has 0 spiro atoms. The molecule has 13 heteroatoms. The highest BCUT2D eigenvalue weighted by Crippen LogP contribution is 2.29. The molecule has 1 unspecified atom stereocenters. The average Bonchev–Trinajstić information content (AvgIpc) is 3.25. The Morgan fingerprint density at radius 3 is 2.59 bits per heavy atom. The molecule has 0 radical (unpaired) electrons. The molecular formula is C26H32FN9O3. The summed E-state index contributed by atoms with van der Waals surface area (Å²) in [6.07, 6.45) is 2.75. The molecule has 4 amide bonds. The largest absolute Gasteiger partial charge is 0.369 e. The molecular weight excluding hydrogens is 505 g/mol. The molecule has 12 nitrogen and oxygen atoms in total. The number of benzene rings is 1. The summed E-state index contributed by atoms with van der Waals surface area (Å²) >= 11 is 0. The van der Waals surface area contributed by atoms with Gasteiger partial charge in [-0.15, -0.1) is 0 Å². The summed E-state index contributed by atoms with van der Waals surface area (Å²) < 4.78 is 16.1. The third kappa shape index (κ3) is 5.76. The molecule has 206 valence electrons. The van der Waals surface area contributed by atoms with E-state index in [0.717, 1.165) is 0 Å². The Labute approximate surface area is 225 Å². The van der Waals surface area contributed by atoms with Crippen molar-refractivity contribution < 1.29 is 18.8 Å². The van der Waals surface area contributed by atoms with Gasteiger partial charge in [0.05, 0.1) is 11.4 Å². The number of hydrogen-bond acceptors (Lipinski definition) is 7. The van der Waals surface area contributed by atoms with Crippen LogP contribution in [-0.4, -0.2) is 70.7 Å². The summed E-state index contributed by atoms with van der Waals surface area (Å²) in [7, 11) is 4.96. The number of aromatic nitrogens is 2. The fourth-order valence-electron chi connectivity index (χ4n) is 3.94. The van der Waals surface area contributed by atoms with Gasteiger partial charge in [0.2, 0.25) is 5.91 Å². The third-order valence-electron chi connectivity index (χ3n) is 6.33. The summed E-state index contributed by atoms with van der Waals surface area (Å²) in [4.78, 5) is 45.3. The predicted octanol–water partition coefficient (Wildman–Crippen LogP) is 2.04. The van der Waals surface area contributed by atoms with Crippen molar-refractivity contribution in [3.8, 4) is 0 Å². The molecule has 0 saturated carbocycles. The number of nitrogens with one attached hydrogen (secondary N) is 3. The minimum Gasteiger partial charge on any atom is -0.369 e. The lowest BCUT2D eigenvalue weighted by molar-refractivity contribution is -0.129. The lowest BCUT2D eigenvalue weighted by atomic mass is 9.92. The van der Waals surface area contributed by atoms with E-state index in [1.165, 1.54) is 27.8 Å². The number of fused-ring (bicyclic) bond motifs is 1. The van der Waals surface area contributed by atoms with Crippen LogP contribution in [0, 0.1) is 5.82 Å². The molecule has 39 heavy (non-hydrogen) atoms. The van der Waals surface area contributed by atoms with Crippen LogP contribution in [0.15, 0.2) is 47.1 Å². The van der Waals surface area contributed by atoms with E-state index in [-0.39, 0.29) is 46.8 Å². The first-order valence-corrected chi connectivity index (χ1v) is 12.2. The summed E-state index contributed by atoms with van der Waals surface area (Å²) in [5.74, 6) is -0.746. The van der Waals surface area contributed by atoms with Crippen LogP contribution in [0.3, 0.4) is 0 Å². The van der Waals surface area contributed by atoms with Gasteiger partial charge in [-0.2, -0.15) is 5.10 Å². The standard InChI is InChI=1S/C26H32FN9O3/c1-26(2,3)19-11-20(36(33-19)13-21(37)34(4)5)31-25(39)30-18-10-14(7-8-17(18)27)16-9-15-12-29-24(28)35(6)22(15)32-23(16)38/h7-12,22H,13H2,1-6H3,(H2,28,29)(H,32,38)(H2,30,31,39). The predicted molar refractivity (Wildman–Crippen MR) is 146 cm³/mol. The lowest BCUT2D eigenvalue weighted by Crippen LogP contribution is -2.55. The zero-order valence-electron chi connectivity index (χ0n) is 22.7. The van der Waals surface area contributed by atoms with E-state index in [0.29, 0.717) is 16.8 Å². The number of halogens is 1. The molecule has 0 fully saturated rings. The molecule has 3 heterocycles. The van der Waals surface area contributed by atoms with Gasteiger partial charge >= 0.3 is 6.03 Å². The van der Waals surface area contributed by atoms with Crippen LogP contribution in [0.1, 0.15) is 32.0 Å². The number of rotatable bonds is 5.